The van der Waals surface area contributed by atoms with Crippen LogP contribution in [0.25, 0.3) is 0 Å². The Kier molecular flexibility index (Phi) is 2.80. The predicted octanol–water partition coefficient (Wildman–Crippen LogP) is 1.25. The Hall–Kier alpha value is -0.870. The monoisotopic (exact) mass is 209 g/mol. The summed E-state index contributed by atoms with van der Waals surface area (Å²) in [6.07, 6.45) is 5.34. The molecule has 1 heterocycles. The maximum Gasteiger partial charge on any atom is 0.0887 e. The average molecular weight is 209 g/mol. The van der Waals surface area contributed by atoms with Gasteiger partial charge in [-0.3, -0.25) is 4.68 Å². The lowest BCUT2D eigenvalue weighted by molar-refractivity contribution is -0.0998. The van der Waals surface area contributed by atoms with Gasteiger partial charge in [0.05, 0.1) is 17.3 Å². The third-order valence-corrected chi connectivity index (χ3v) is 3.58. The minimum absolute atomic E-state index is 0.0253. The summed E-state index contributed by atoms with van der Waals surface area (Å²) in [6, 6.07) is 2.30. The number of methoxy groups -OCH3 is 1. The lowest BCUT2D eigenvalue weighted by Crippen LogP contribution is -2.50. The van der Waals surface area contributed by atoms with E-state index in [1.165, 1.54) is 12.1 Å². The molecule has 0 bridgehead atoms. The molecule has 84 valence electrons. The molecule has 4 nitrogen and oxygen atoms in total. The van der Waals surface area contributed by atoms with Gasteiger partial charge in [-0.05, 0) is 32.4 Å². The first-order valence-corrected chi connectivity index (χ1v) is 5.44. The van der Waals surface area contributed by atoms with Crippen LogP contribution in [0.15, 0.2) is 12.3 Å². The minimum atomic E-state index is -0.0253. The molecular formula is C11H19N3O. The number of ether oxygens (including phenoxy) is 1. The number of likely N-dealkylation sites (N-methyl/N-ethyl adjacent to an activating group) is 1. The van der Waals surface area contributed by atoms with Crippen LogP contribution in [-0.4, -0.2) is 29.5 Å². The summed E-state index contributed by atoms with van der Waals surface area (Å²) in [5.41, 5.74) is 1.17. The van der Waals surface area contributed by atoms with Crippen LogP contribution < -0.4 is 5.32 Å². The molecule has 1 atom stereocenters. The zero-order valence-corrected chi connectivity index (χ0v) is 9.66. The zero-order chi connectivity index (χ0) is 10.9. The van der Waals surface area contributed by atoms with Crippen molar-refractivity contribution in [2.24, 2.45) is 7.05 Å². The van der Waals surface area contributed by atoms with Crippen LogP contribution >= 0.6 is 0 Å². The second kappa shape index (κ2) is 3.94. The molecule has 0 amide bonds. The van der Waals surface area contributed by atoms with E-state index in [0.717, 1.165) is 12.8 Å². The van der Waals surface area contributed by atoms with E-state index in [2.05, 4.69) is 16.5 Å². The molecular weight excluding hydrogens is 190 g/mol. The van der Waals surface area contributed by atoms with Crippen LogP contribution in [-0.2, 0) is 11.8 Å². The average Bonchev–Trinajstić information content (AvgIpc) is 2.58. The van der Waals surface area contributed by atoms with Crippen LogP contribution in [0.1, 0.15) is 31.0 Å². The molecule has 1 saturated carbocycles. The summed E-state index contributed by atoms with van der Waals surface area (Å²) in [5.74, 6) is 0. The van der Waals surface area contributed by atoms with Crippen LogP contribution in [0.5, 0.6) is 0 Å². The van der Waals surface area contributed by atoms with Crippen molar-refractivity contribution in [2.75, 3.05) is 14.2 Å². The Balaban J connectivity index is 2.27. The fraction of sp³-hybridized carbons (Fsp3) is 0.727. The minimum Gasteiger partial charge on any atom is -0.376 e. The van der Waals surface area contributed by atoms with Crippen molar-refractivity contribution in [3.63, 3.8) is 0 Å². The van der Waals surface area contributed by atoms with E-state index >= 15 is 0 Å². The Labute approximate surface area is 90.6 Å². The van der Waals surface area contributed by atoms with Crippen molar-refractivity contribution in [1.29, 1.82) is 0 Å². The number of aromatic nitrogens is 2. The van der Waals surface area contributed by atoms with Crippen molar-refractivity contribution >= 4 is 0 Å². The van der Waals surface area contributed by atoms with Gasteiger partial charge in [0.15, 0.2) is 0 Å². The maximum atomic E-state index is 5.70. The van der Waals surface area contributed by atoms with Gasteiger partial charge in [-0.1, -0.05) is 0 Å². The number of nitrogens with zero attached hydrogens (tertiary/aromatic N) is 2. The Morgan fingerprint density at radius 3 is 2.67 bits per heavy atom. The Morgan fingerprint density at radius 2 is 2.33 bits per heavy atom. The molecule has 0 radical (unpaired) electrons. The van der Waals surface area contributed by atoms with E-state index in [0.29, 0.717) is 0 Å². The predicted molar refractivity (Wildman–Crippen MR) is 58.6 cm³/mol. The first-order valence-electron chi connectivity index (χ1n) is 5.44. The normalized spacial score (nSPS) is 21.0. The van der Waals surface area contributed by atoms with Gasteiger partial charge >= 0.3 is 0 Å². The summed E-state index contributed by atoms with van der Waals surface area (Å²) in [7, 11) is 5.76. The second-order valence-corrected chi connectivity index (χ2v) is 4.22. The van der Waals surface area contributed by atoms with E-state index in [9.17, 15) is 0 Å². The quantitative estimate of drug-likeness (QED) is 0.811. The van der Waals surface area contributed by atoms with Gasteiger partial charge in [0, 0.05) is 20.4 Å². The first-order chi connectivity index (χ1) is 7.23. The molecule has 1 aromatic rings. The molecule has 1 aromatic heterocycles. The van der Waals surface area contributed by atoms with Gasteiger partial charge < -0.3 is 10.1 Å². The van der Waals surface area contributed by atoms with E-state index in [1.54, 1.807) is 7.11 Å². The van der Waals surface area contributed by atoms with Gasteiger partial charge in [-0.2, -0.15) is 5.10 Å². The zero-order valence-electron chi connectivity index (χ0n) is 9.66. The SMILES string of the molecule is CNC(c1ccnn1C)C1(OC)CCC1. The molecule has 1 aliphatic carbocycles. The first kappa shape index (κ1) is 10.6. The molecule has 0 aliphatic heterocycles. The summed E-state index contributed by atoms with van der Waals surface area (Å²) in [4.78, 5) is 0. The molecule has 1 aliphatic rings. The Morgan fingerprint density at radius 1 is 1.60 bits per heavy atom. The molecule has 1 fully saturated rings. The number of hydrogen-bond acceptors (Lipinski definition) is 3. The van der Waals surface area contributed by atoms with Gasteiger partial charge in [0.1, 0.15) is 0 Å². The molecule has 1 unspecified atom stereocenters. The number of aryl methyl sites for hydroxylation is 1. The van der Waals surface area contributed by atoms with Crippen molar-refractivity contribution < 1.29 is 4.74 Å². The fourth-order valence-corrected chi connectivity index (χ4v) is 2.48. The van der Waals surface area contributed by atoms with Crippen molar-refractivity contribution in [1.82, 2.24) is 15.1 Å². The molecule has 0 aromatic carbocycles. The largest absolute Gasteiger partial charge is 0.376 e. The van der Waals surface area contributed by atoms with Gasteiger partial charge in [0.2, 0.25) is 0 Å². The van der Waals surface area contributed by atoms with E-state index < -0.39 is 0 Å². The van der Waals surface area contributed by atoms with Gasteiger partial charge in [0.25, 0.3) is 0 Å². The van der Waals surface area contributed by atoms with E-state index in [4.69, 9.17) is 4.74 Å². The molecule has 15 heavy (non-hydrogen) atoms. The van der Waals surface area contributed by atoms with Crippen molar-refractivity contribution in [2.45, 2.75) is 30.9 Å². The molecule has 0 spiro atoms. The smallest absolute Gasteiger partial charge is 0.0887 e. The highest BCUT2D eigenvalue weighted by atomic mass is 16.5. The highest BCUT2D eigenvalue weighted by Gasteiger charge is 2.45. The third kappa shape index (κ3) is 1.58. The molecule has 4 heteroatoms. The fourth-order valence-electron chi connectivity index (χ4n) is 2.48. The standard InChI is InChI=1S/C11H19N3O/c1-12-10(9-5-8-13-14(9)2)11(15-3)6-4-7-11/h5,8,10,12H,4,6-7H2,1-3H3. The van der Waals surface area contributed by atoms with Crippen molar-refractivity contribution in [3.05, 3.63) is 18.0 Å². The maximum absolute atomic E-state index is 5.70. The van der Waals surface area contributed by atoms with Crippen LogP contribution in [0, 0.1) is 0 Å². The van der Waals surface area contributed by atoms with Crippen LogP contribution in [0.3, 0.4) is 0 Å². The summed E-state index contributed by atoms with van der Waals surface area (Å²) in [6.45, 7) is 0. The summed E-state index contributed by atoms with van der Waals surface area (Å²) >= 11 is 0. The lowest BCUT2D eigenvalue weighted by atomic mass is 9.73. The van der Waals surface area contributed by atoms with E-state index in [-0.39, 0.29) is 11.6 Å². The molecule has 2 rings (SSSR count). The molecule has 1 N–H and O–H groups in total. The van der Waals surface area contributed by atoms with Gasteiger partial charge in [-0.25, -0.2) is 0 Å². The molecule has 0 saturated heterocycles. The highest BCUT2D eigenvalue weighted by Crippen LogP contribution is 2.44. The van der Waals surface area contributed by atoms with Crippen LogP contribution in [0.4, 0.5) is 0 Å². The Bertz CT molecular complexity index is 325. The second-order valence-electron chi connectivity index (χ2n) is 4.22. The van der Waals surface area contributed by atoms with Gasteiger partial charge in [-0.15, -0.1) is 0 Å². The number of hydrogen-bond donors (Lipinski definition) is 1. The topological polar surface area (TPSA) is 39.1 Å². The number of rotatable bonds is 4. The highest BCUT2D eigenvalue weighted by molar-refractivity contribution is 5.15. The summed E-state index contributed by atoms with van der Waals surface area (Å²) < 4.78 is 7.62. The number of nitrogens with one attached hydrogen (secondary N) is 1. The van der Waals surface area contributed by atoms with E-state index in [1.807, 2.05) is 25.0 Å². The summed E-state index contributed by atoms with van der Waals surface area (Å²) in [5, 5.41) is 7.57. The van der Waals surface area contributed by atoms with Crippen molar-refractivity contribution in [3.8, 4) is 0 Å². The third-order valence-electron chi connectivity index (χ3n) is 3.58. The lowest BCUT2D eigenvalue weighted by Gasteiger charge is -2.46. The van der Waals surface area contributed by atoms with Crippen LogP contribution in [0.2, 0.25) is 0 Å².